The molecule has 0 aromatic rings. The molecule has 0 aromatic heterocycles. The van der Waals surface area contributed by atoms with Crippen molar-refractivity contribution in [2.45, 2.75) is 52.0 Å². The summed E-state index contributed by atoms with van der Waals surface area (Å²) in [7, 11) is 0. The van der Waals surface area contributed by atoms with Crippen molar-refractivity contribution in [2.75, 3.05) is 13.1 Å². The molecule has 5 nitrogen and oxygen atoms in total. The van der Waals surface area contributed by atoms with Crippen molar-refractivity contribution in [1.29, 1.82) is 0 Å². The number of aliphatic carboxylic acids is 1. The Kier molecular flexibility index (Phi) is 4.02. The maximum absolute atomic E-state index is 12.2. The third-order valence-electron chi connectivity index (χ3n) is 4.77. The van der Waals surface area contributed by atoms with Crippen LogP contribution in [0.4, 0.5) is 4.79 Å². The predicted molar refractivity (Wildman–Crippen MR) is 71.9 cm³/mol. The Balaban J connectivity index is 1.94. The molecule has 0 spiro atoms. The number of nitrogens with one attached hydrogen (secondary N) is 1. The average molecular weight is 268 g/mol. The quantitative estimate of drug-likeness (QED) is 0.820. The molecule has 2 N–H and O–H groups in total. The number of hydrogen-bond acceptors (Lipinski definition) is 2. The molecule has 2 atom stereocenters. The zero-order valence-corrected chi connectivity index (χ0v) is 11.8. The summed E-state index contributed by atoms with van der Waals surface area (Å²) in [6.07, 6.45) is 5.17. The van der Waals surface area contributed by atoms with Crippen LogP contribution >= 0.6 is 0 Å². The summed E-state index contributed by atoms with van der Waals surface area (Å²) >= 11 is 0. The minimum atomic E-state index is -0.890. The van der Waals surface area contributed by atoms with Crippen molar-refractivity contribution in [3.63, 3.8) is 0 Å². The third kappa shape index (κ3) is 3.01. The smallest absolute Gasteiger partial charge is 0.326 e. The highest BCUT2D eigenvalue weighted by molar-refractivity contribution is 5.83. The molecule has 5 heteroatoms. The highest BCUT2D eigenvalue weighted by atomic mass is 16.4. The second-order valence-electron chi connectivity index (χ2n) is 6.11. The van der Waals surface area contributed by atoms with E-state index in [-0.39, 0.29) is 17.4 Å². The fourth-order valence-electron chi connectivity index (χ4n) is 2.99. The van der Waals surface area contributed by atoms with Gasteiger partial charge in [-0.15, -0.1) is 0 Å². The number of carbonyl (C=O) groups excluding carboxylic acids is 1. The Hall–Kier alpha value is -1.26. The lowest BCUT2D eigenvalue weighted by Gasteiger charge is -2.37. The van der Waals surface area contributed by atoms with E-state index in [1.165, 1.54) is 17.7 Å². The van der Waals surface area contributed by atoms with E-state index in [2.05, 4.69) is 12.2 Å². The van der Waals surface area contributed by atoms with E-state index in [9.17, 15) is 14.7 Å². The number of hydrogen-bond donors (Lipinski definition) is 2. The van der Waals surface area contributed by atoms with Crippen LogP contribution in [0, 0.1) is 11.3 Å². The monoisotopic (exact) mass is 268 g/mol. The lowest BCUT2D eigenvalue weighted by molar-refractivity contribution is -0.145. The first kappa shape index (κ1) is 14.2. The largest absolute Gasteiger partial charge is 0.480 e. The summed E-state index contributed by atoms with van der Waals surface area (Å²) in [5.41, 5.74) is 0.287. The third-order valence-corrected chi connectivity index (χ3v) is 4.77. The molecule has 1 aliphatic heterocycles. The number of amides is 2. The first-order chi connectivity index (χ1) is 8.99. The Morgan fingerprint density at radius 2 is 2.11 bits per heavy atom. The molecular formula is C14H24N2O3. The molecule has 1 saturated carbocycles. The van der Waals surface area contributed by atoms with Gasteiger partial charge in [0.1, 0.15) is 6.04 Å². The number of nitrogens with zero attached hydrogens (tertiary/aromatic N) is 1. The number of carbonyl (C=O) groups is 2. The second kappa shape index (κ2) is 5.39. The van der Waals surface area contributed by atoms with Gasteiger partial charge in [-0.25, -0.2) is 9.59 Å². The van der Waals surface area contributed by atoms with Crippen LogP contribution in [0.3, 0.4) is 0 Å². The molecule has 2 fully saturated rings. The van der Waals surface area contributed by atoms with Crippen molar-refractivity contribution >= 4 is 12.0 Å². The van der Waals surface area contributed by atoms with Gasteiger partial charge in [0.05, 0.1) is 0 Å². The zero-order chi connectivity index (χ0) is 14.0. The van der Waals surface area contributed by atoms with Gasteiger partial charge < -0.3 is 15.3 Å². The van der Waals surface area contributed by atoms with Gasteiger partial charge in [0.15, 0.2) is 0 Å². The van der Waals surface area contributed by atoms with Crippen LogP contribution in [-0.2, 0) is 4.79 Å². The van der Waals surface area contributed by atoms with E-state index < -0.39 is 12.0 Å². The topological polar surface area (TPSA) is 69.6 Å². The van der Waals surface area contributed by atoms with E-state index in [0.717, 1.165) is 19.3 Å². The summed E-state index contributed by atoms with van der Waals surface area (Å²) in [4.78, 5) is 25.0. The van der Waals surface area contributed by atoms with Crippen LogP contribution < -0.4 is 5.32 Å². The predicted octanol–water partition coefficient (Wildman–Crippen LogP) is 2.07. The van der Waals surface area contributed by atoms with Crippen molar-refractivity contribution in [3.8, 4) is 0 Å². The highest BCUT2D eigenvalue weighted by Crippen LogP contribution is 2.47. The molecule has 0 bridgehead atoms. The molecule has 108 valence electrons. The van der Waals surface area contributed by atoms with Gasteiger partial charge in [0.25, 0.3) is 0 Å². The van der Waals surface area contributed by atoms with Gasteiger partial charge >= 0.3 is 12.0 Å². The van der Waals surface area contributed by atoms with Crippen molar-refractivity contribution < 1.29 is 14.7 Å². The number of rotatable bonds is 4. The Morgan fingerprint density at radius 1 is 1.42 bits per heavy atom. The Morgan fingerprint density at radius 3 is 2.63 bits per heavy atom. The van der Waals surface area contributed by atoms with Crippen LogP contribution in [0.15, 0.2) is 0 Å². The first-order valence-corrected chi connectivity index (χ1v) is 7.26. The minimum absolute atomic E-state index is 0.0260. The van der Waals surface area contributed by atoms with E-state index >= 15 is 0 Å². The second-order valence-corrected chi connectivity index (χ2v) is 6.11. The highest BCUT2D eigenvalue weighted by Gasteiger charge is 2.42. The molecule has 0 aromatic carbocycles. The van der Waals surface area contributed by atoms with E-state index in [0.29, 0.717) is 13.1 Å². The molecule has 0 radical (unpaired) electrons. The molecule has 1 aliphatic carbocycles. The molecular weight excluding hydrogens is 244 g/mol. The fourth-order valence-corrected chi connectivity index (χ4v) is 2.99. The summed E-state index contributed by atoms with van der Waals surface area (Å²) < 4.78 is 0. The van der Waals surface area contributed by atoms with Crippen LogP contribution in [0.2, 0.25) is 0 Å². The summed E-state index contributed by atoms with van der Waals surface area (Å²) in [6, 6.07) is -0.885. The molecule has 2 rings (SSSR count). The van der Waals surface area contributed by atoms with Crippen LogP contribution in [0.25, 0.3) is 0 Å². The molecule has 1 saturated heterocycles. The lowest BCUT2D eigenvalue weighted by Crippen LogP contribution is -2.55. The average Bonchev–Trinajstić information content (AvgIpc) is 3.16. The van der Waals surface area contributed by atoms with E-state index in [1.54, 1.807) is 0 Å². The van der Waals surface area contributed by atoms with Crippen LogP contribution in [0.1, 0.15) is 46.0 Å². The maximum atomic E-state index is 12.2. The first-order valence-electron chi connectivity index (χ1n) is 7.26. The van der Waals surface area contributed by atoms with E-state index in [4.69, 9.17) is 0 Å². The fraction of sp³-hybridized carbons (Fsp3) is 0.857. The standard InChI is InChI=1S/C14H24N2O3/c1-3-14(6-7-14)9-15-13(19)16-8-4-5-10(2)11(16)12(17)18/h10-11H,3-9H2,1-2H3,(H,15,19)(H,17,18). The van der Waals surface area contributed by atoms with Gasteiger partial charge in [-0.2, -0.15) is 0 Å². The maximum Gasteiger partial charge on any atom is 0.326 e. The van der Waals surface area contributed by atoms with Crippen molar-refractivity contribution in [3.05, 3.63) is 0 Å². The van der Waals surface area contributed by atoms with Crippen molar-refractivity contribution in [1.82, 2.24) is 10.2 Å². The number of likely N-dealkylation sites (tertiary alicyclic amines) is 1. The van der Waals surface area contributed by atoms with Crippen molar-refractivity contribution in [2.24, 2.45) is 11.3 Å². The normalized spacial score (nSPS) is 28.8. The van der Waals surface area contributed by atoms with Crippen LogP contribution in [0.5, 0.6) is 0 Å². The van der Waals surface area contributed by atoms with E-state index in [1.807, 2.05) is 6.92 Å². The molecule has 1 heterocycles. The minimum Gasteiger partial charge on any atom is -0.480 e. The molecule has 2 aliphatic rings. The number of piperidine rings is 1. The van der Waals surface area contributed by atoms with Gasteiger partial charge in [0, 0.05) is 13.1 Å². The molecule has 2 unspecified atom stereocenters. The van der Waals surface area contributed by atoms with Gasteiger partial charge in [-0.05, 0) is 43.4 Å². The number of carboxylic acids is 1. The van der Waals surface area contributed by atoms with Gasteiger partial charge in [0.2, 0.25) is 0 Å². The summed E-state index contributed by atoms with van der Waals surface area (Å²) in [5, 5.41) is 12.2. The molecule has 2 amide bonds. The lowest BCUT2D eigenvalue weighted by atomic mass is 9.91. The zero-order valence-electron chi connectivity index (χ0n) is 11.8. The van der Waals surface area contributed by atoms with Gasteiger partial charge in [-0.1, -0.05) is 13.8 Å². The van der Waals surface area contributed by atoms with Crippen LogP contribution in [-0.4, -0.2) is 41.1 Å². The summed E-state index contributed by atoms with van der Waals surface area (Å²) in [5.74, 6) is -0.864. The van der Waals surface area contributed by atoms with Gasteiger partial charge in [-0.3, -0.25) is 0 Å². The summed E-state index contributed by atoms with van der Waals surface area (Å²) in [6.45, 7) is 5.28. The number of urea groups is 1. The Bertz CT molecular complexity index is 366. The Labute approximate surface area is 114 Å². The number of carboxylic acid groups (broad SMARTS) is 1. The molecule has 19 heavy (non-hydrogen) atoms. The SMILES string of the molecule is CCC1(CNC(=O)N2CCCC(C)C2C(=O)O)CC1.